The van der Waals surface area contributed by atoms with E-state index in [1.165, 1.54) is 21.5 Å². The zero-order valence-corrected chi connectivity index (χ0v) is 15.9. The number of fused-ring (bicyclic) bond motifs is 2. The van der Waals surface area contributed by atoms with E-state index in [2.05, 4.69) is 91.0 Å². The molecule has 138 valence electrons. The van der Waals surface area contributed by atoms with Gasteiger partial charge in [-0.3, -0.25) is 0 Å². The van der Waals surface area contributed by atoms with Gasteiger partial charge in [-0.15, -0.1) is 0 Å². The molecule has 0 radical (unpaired) electrons. The molecule has 0 aliphatic heterocycles. The number of aromatic hydroxyl groups is 1. The molecular formula is C28H20O. The quantitative estimate of drug-likeness (QED) is 0.330. The van der Waals surface area contributed by atoms with Crippen LogP contribution in [0.25, 0.3) is 33.2 Å². The Hall–Kier alpha value is -3.84. The molecular weight excluding hydrogens is 352 g/mol. The maximum Gasteiger partial charge on any atom is 0.115 e. The van der Waals surface area contributed by atoms with Crippen LogP contribution < -0.4 is 0 Å². The van der Waals surface area contributed by atoms with Crippen molar-refractivity contribution in [3.05, 3.63) is 126 Å². The Morgan fingerprint density at radius 1 is 0.517 bits per heavy atom. The molecule has 0 atom stereocenters. The van der Waals surface area contributed by atoms with Crippen molar-refractivity contribution < 1.29 is 5.11 Å². The average Bonchev–Trinajstić information content (AvgIpc) is 2.78. The summed E-state index contributed by atoms with van der Waals surface area (Å²) in [4.78, 5) is 0. The molecule has 1 N–H and O–H groups in total. The van der Waals surface area contributed by atoms with E-state index in [4.69, 9.17) is 0 Å². The highest BCUT2D eigenvalue weighted by Gasteiger charge is 2.08. The van der Waals surface area contributed by atoms with Gasteiger partial charge < -0.3 is 5.11 Å². The second-order valence-electron chi connectivity index (χ2n) is 7.27. The molecule has 0 aliphatic carbocycles. The zero-order valence-electron chi connectivity index (χ0n) is 15.9. The van der Waals surface area contributed by atoms with E-state index in [-0.39, 0.29) is 5.75 Å². The minimum atomic E-state index is 0.275. The zero-order chi connectivity index (χ0) is 19.6. The molecule has 5 rings (SSSR count). The van der Waals surface area contributed by atoms with E-state index < -0.39 is 0 Å². The lowest BCUT2D eigenvalue weighted by atomic mass is 9.93. The van der Waals surface area contributed by atoms with Gasteiger partial charge in [0.1, 0.15) is 5.75 Å². The van der Waals surface area contributed by atoms with Gasteiger partial charge in [-0.1, -0.05) is 84.9 Å². The van der Waals surface area contributed by atoms with E-state index in [9.17, 15) is 5.11 Å². The Balaban J connectivity index is 1.69. The van der Waals surface area contributed by atoms with Crippen LogP contribution >= 0.6 is 0 Å². The summed E-state index contributed by atoms with van der Waals surface area (Å²) in [5, 5.41) is 14.6. The predicted octanol–water partition coefficient (Wildman–Crippen LogP) is 7.29. The Morgan fingerprint density at radius 3 is 1.76 bits per heavy atom. The van der Waals surface area contributed by atoms with Crippen molar-refractivity contribution in [1.29, 1.82) is 0 Å². The summed E-state index contributed by atoms with van der Waals surface area (Å²) in [6, 6.07) is 37.3. The lowest BCUT2D eigenvalue weighted by molar-refractivity contribution is 0.475. The van der Waals surface area contributed by atoms with Gasteiger partial charge in [0, 0.05) is 0 Å². The van der Waals surface area contributed by atoms with Crippen molar-refractivity contribution in [2.45, 2.75) is 0 Å². The first kappa shape index (κ1) is 17.3. The SMILES string of the molecule is Oc1ccc(/C(=C/c2ccc3ccccc3c2)c2ccc3ccccc3c2)cc1. The van der Waals surface area contributed by atoms with E-state index in [1.807, 2.05) is 12.1 Å². The van der Waals surface area contributed by atoms with Gasteiger partial charge in [0.25, 0.3) is 0 Å². The van der Waals surface area contributed by atoms with Crippen molar-refractivity contribution in [2.75, 3.05) is 0 Å². The molecule has 0 bridgehead atoms. The summed E-state index contributed by atoms with van der Waals surface area (Å²) in [5.74, 6) is 0.275. The van der Waals surface area contributed by atoms with Crippen molar-refractivity contribution in [3.63, 3.8) is 0 Å². The highest BCUT2D eigenvalue weighted by atomic mass is 16.3. The van der Waals surface area contributed by atoms with Gasteiger partial charge in [0.15, 0.2) is 0 Å². The fourth-order valence-corrected chi connectivity index (χ4v) is 3.80. The summed E-state index contributed by atoms with van der Waals surface area (Å²) in [6.45, 7) is 0. The highest BCUT2D eigenvalue weighted by molar-refractivity contribution is 5.96. The number of phenolic OH excluding ortho intramolecular Hbond substituents is 1. The van der Waals surface area contributed by atoms with Crippen molar-refractivity contribution in [1.82, 2.24) is 0 Å². The molecule has 0 saturated carbocycles. The van der Waals surface area contributed by atoms with Crippen molar-refractivity contribution in [3.8, 4) is 5.75 Å². The van der Waals surface area contributed by atoms with Crippen LogP contribution in [0.4, 0.5) is 0 Å². The molecule has 1 heteroatoms. The minimum absolute atomic E-state index is 0.275. The fraction of sp³-hybridized carbons (Fsp3) is 0. The first-order valence-electron chi connectivity index (χ1n) is 9.75. The number of phenols is 1. The largest absolute Gasteiger partial charge is 0.508 e. The molecule has 0 amide bonds. The fourth-order valence-electron chi connectivity index (χ4n) is 3.80. The molecule has 0 heterocycles. The number of hydrogen-bond donors (Lipinski definition) is 1. The predicted molar refractivity (Wildman–Crippen MR) is 123 cm³/mol. The standard InChI is InChI=1S/C28H20O/c29-27-15-13-23(14-16-27)28(26-12-11-22-6-2-4-8-25(22)19-26)18-20-9-10-21-5-1-3-7-24(21)17-20/h1-19,29H/b28-18-. The van der Waals surface area contributed by atoms with Crippen LogP contribution in [0.1, 0.15) is 16.7 Å². The van der Waals surface area contributed by atoms with Gasteiger partial charge in [-0.2, -0.15) is 0 Å². The van der Waals surface area contributed by atoms with Crippen LogP contribution in [-0.2, 0) is 0 Å². The van der Waals surface area contributed by atoms with Crippen LogP contribution in [0.15, 0.2) is 109 Å². The van der Waals surface area contributed by atoms with E-state index in [0.717, 1.165) is 22.3 Å². The van der Waals surface area contributed by atoms with Crippen LogP contribution in [0, 0.1) is 0 Å². The van der Waals surface area contributed by atoms with Crippen LogP contribution in [0.3, 0.4) is 0 Å². The summed E-state index contributed by atoms with van der Waals surface area (Å²) in [5.41, 5.74) is 4.51. The highest BCUT2D eigenvalue weighted by Crippen LogP contribution is 2.30. The smallest absolute Gasteiger partial charge is 0.115 e. The molecule has 0 spiro atoms. The normalized spacial score (nSPS) is 11.8. The third-order valence-electron chi connectivity index (χ3n) is 5.32. The van der Waals surface area contributed by atoms with Crippen LogP contribution in [0.5, 0.6) is 5.75 Å². The average molecular weight is 372 g/mol. The summed E-state index contributed by atoms with van der Waals surface area (Å²) in [6.07, 6.45) is 2.23. The third kappa shape index (κ3) is 3.51. The number of rotatable bonds is 3. The minimum Gasteiger partial charge on any atom is -0.508 e. The van der Waals surface area contributed by atoms with E-state index >= 15 is 0 Å². The second-order valence-corrected chi connectivity index (χ2v) is 7.27. The molecule has 0 saturated heterocycles. The maximum atomic E-state index is 9.74. The Labute approximate surface area is 170 Å². The van der Waals surface area contributed by atoms with Gasteiger partial charge >= 0.3 is 0 Å². The van der Waals surface area contributed by atoms with Crippen LogP contribution in [0.2, 0.25) is 0 Å². The van der Waals surface area contributed by atoms with Crippen molar-refractivity contribution in [2.24, 2.45) is 0 Å². The molecule has 0 fully saturated rings. The number of hydrogen-bond acceptors (Lipinski definition) is 1. The van der Waals surface area contributed by atoms with Crippen molar-refractivity contribution >= 4 is 33.2 Å². The van der Waals surface area contributed by atoms with E-state index in [0.29, 0.717) is 0 Å². The van der Waals surface area contributed by atoms with Gasteiger partial charge in [-0.25, -0.2) is 0 Å². The second kappa shape index (κ2) is 7.29. The summed E-state index contributed by atoms with van der Waals surface area (Å²) in [7, 11) is 0. The lowest BCUT2D eigenvalue weighted by Gasteiger charge is -2.11. The Bertz CT molecular complexity index is 1340. The monoisotopic (exact) mass is 372 g/mol. The number of benzene rings is 5. The third-order valence-corrected chi connectivity index (χ3v) is 5.32. The van der Waals surface area contributed by atoms with Gasteiger partial charge in [0.2, 0.25) is 0 Å². The van der Waals surface area contributed by atoms with Gasteiger partial charge in [0.05, 0.1) is 0 Å². The molecule has 5 aromatic carbocycles. The Morgan fingerprint density at radius 2 is 1.07 bits per heavy atom. The van der Waals surface area contributed by atoms with E-state index in [1.54, 1.807) is 12.1 Å². The maximum absolute atomic E-state index is 9.74. The summed E-state index contributed by atoms with van der Waals surface area (Å²) < 4.78 is 0. The first-order valence-corrected chi connectivity index (χ1v) is 9.75. The molecule has 0 aromatic heterocycles. The molecule has 5 aromatic rings. The molecule has 0 aliphatic rings. The molecule has 0 unspecified atom stereocenters. The topological polar surface area (TPSA) is 20.2 Å². The van der Waals surface area contributed by atoms with Crippen LogP contribution in [-0.4, -0.2) is 5.11 Å². The summed E-state index contributed by atoms with van der Waals surface area (Å²) >= 11 is 0. The molecule has 1 nitrogen and oxygen atoms in total. The Kier molecular flexibility index (Phi) is 4.34. The lowest BCUT2D eigenvalue weighted by Crippen LogP contribution is -1.89. The molecule has 29 heavy (non-hydrogen) atoms. The first-order chi connectivity index (χ1) is 14.3. The van der Waals surface area contributed by atoms with Gasteiger partial charge in [-0.05, 0) is 74.1 Å².